The standard InChI is InChI=1S/C13H16N4O5/c1-13(2)21-8-6(3-18)20-12(9(8)22-13)17-5-16-7-10(17)14-4-15-11(7)19/h4-6,8-9,12,18H,3H2,1-2H3,(H,14,15,19)/t6-,8+,9-,12-/m0/s1. The summed E-state index contributed by atoms with van der Waals surface area (Å²) in [5.74, 6) is -0.758. The van der Waals surface area contributed by atoms with Crippen LogP contribution in [0.25, 0.3) is 11.2 Å². The number of imidazole rings is 1. The van der Waals surface area contributed by atoms with Crippen LogP contribution in [0.2, 0.25) is 0 Å². The van der Waals surface area contributed by atoms with Crippen molar-refractivity contribution >= 4 is 11.2 Å². The fraction of sp³-hybridized carbons (Fsp3) is 0.615. The zero-order valence-electron chi connectivity index (χ0n) is 12.1. The second-order valence-corrected chi connectivity index (χ2v) is 5.87. The summed E-state index contributed by atoms with van der Waals surface area (Å²) in [5.41, 5.74) is 0.314. The van der Waals surface area contributed by atoms with Crippen molar-refractivity contribution in [3.8, 4) is 0 Å². The van der Waals surface area contributed by atoms with Crippen molar-refractivity contribution in [2.45, 2.75) is 44.2 Å². The molecule has 22 heavy (non-hydrogen) atoms. The topological polar surface area (TPSA) is 111 Å². The molecule has 0 spiro atoms. The maximum atomic E-state index is 11.8. The van der Waals surface area contributed by atoms with E-state index in [9.17, 15) is 9.90 Å². The first-order valence-electron chi connectivity index (χ1n) is 7.02. The van der Waals surface area contributed by atoms with Gasteiger partial charge in [0.2, 0.25) is 0 Å². The van der Waals surface area contributed by atoms with Gasteiger partial charge in [-0.3, -0.25) is 9.36 Å². The Kier molecular flexibility index (Phi) is 2.89. The van der Waals surface area contributed by atoms with Gasteiger partial charge in [0.05, 0.1) is 19.3 Å². The Hall–Kier alpha value is -1.81. The molecule has 2 aliphatic heterocycles. The van der Waals surface area contributed by atoms with Crippen molar-refractivity contribution in [2.75, 3.05) is 6.61 Å². The Morgan fingerprint density at radius 1 is 1.36 bits per heavy atom. The molecule has 2 aromatic heterocycles. The first-order valence-corrected chi connectivity index (χ1v) is 7.02. The molecule has 4 atom stereocenters. The van der Waals surface area contributed by atoms with Gasteiger partial charge in [-0.1, -0.05) is 0 Å². The first-order chi connectivity index (χ1) is 10.5. The summed E-state index contributed by atoms with van der Waals surface area (Å²) in [6.07, 6.45) is 0.937. The number of nitrogens with one attached hydrogen (secondary N) is 1. The van der Waals surface area contributed by atoms with Crippen LogP contribution in [0.1, 0.15) is 20.1 Å². The van der Waals surface area contributed by atoms with Crippen LogP contribution < -0.4 is 5.56 Å². The second kappa shape index (κ2) is 4.59. The number of fused-ring (bicyclic) bond motifs is 2. The Morgan fingerprint density at radius 2 is 2.14 bits per heavy atom. The zero-order chi connectivity index (χ0) is 15.5. The highest BCUT2D eigenvalue weighted by molar-refractivity contribution is 5.68. The normalized spacial score (nSPS) is 33.4. The van der Waals surface area contributed by atoms with Gasteiger partial charge in [-0.2, -0.15) is 0 Å². The number of hydrogen-bond acceptors (Lipinski definition) is 7. The smallest absolute Gasteiger partial charge is 0.278 e. The summed E-state index contributed by atoms with van der Waals surface area (Å²) in [5, 5.41) is 9.50. The number of aliphatic hydroxyl groups excluding tert-OH is 1. The van der Waals surface area contributed by atoms with Gasteiger partial charge in [0.15, 0.2) is 23.2 Å². The fourth-order valence-electron chi connectivity index (χ4n) is 3.08. The molecule has 2 fully saturated rings. The summed E-state index contributed by atoms with van der Waals surface area (Å²) >= 11 is 0. The van der Waals surface area contributed by atoms with E-state index in [0.717, 1.165) is 0 Å². The molecular formula is C13H16N4O5. The third kappa shape index (κ3) is 1.90. The Morgan fingerprint density at radius 3 is 2.91 bits per heavy atom. The van der Waals surface area contributed by atoms with E-state index in [1.165, 1.54) is 12.7 Å². The van der Waals surface area contributed by atoms with E-state index in [1.807, 2.05) is 13.8 Å². The van der Waals surface area contributed by atoms with Crippen molar-refractivity contribution < 1.29 is 19.3 Å². The van der Waals surface area contributed by atoms with Crippen LogP contribution in [0.4, 0.5) is 0 Å². The molecule has 4 heterocycles. The molecule has 0 radical (unpaired) electrons. The van der Waals surface area contributed by atoms with Crippen LogP contribution in [0, 0.1) is 0 Å². The number of nitrogens with zero attached hydrogens (tertiary/aromatic N) is 3. The summed E-state index contributed by atoms with van der Waals surface area (Å²) in [6.45, 7) is 3.44. The average Bonchev–Trinajstić information content (AvgIpc) is 3.10. The molecule has 0 amide bonds. The number of aliphatic hydroxyl groups is 1. The van der Waals surface area contributed by atoms with E-state index < -0.39 is 24.2 Å². The number of rotatable bonds is 2. The molecule has 0 unspecified atom stereocenters. The van der Waals surface area contributed by atoms with Crippen LogP contribution in [0.15, 0.2) is 17.4 Å². The van der Waals surface area contributed by atoms with E-state index in [1.54, 1.807) is 4.57 Å². The predicted molar refractivity (Wildman–Crippen MR) is 73.0 cm³/mol. The van der Waals surface area contributed by atoms with Gasteiger partial charge in [0, 0.05) is 0 Å². The van der Waals surface area contributed by atoms with Crippen LogP contribution >= 0.6 is 0 Å². The molecule has 118 valence electrons. The number of hydrogen-bond donors (Lipinski definition) is 2. The van der Waals surface area contributed by atoms with Crippen LogP contribution in [-0.2, 0) is 14.2 Å². The maximum absolute atomic E-state index is 11.8. The van der Waals surface area contributed by atoms with E-state index in [2.05, 4.69) is 15.0 Å². The molecule has 0 saturated carbocycles. The highest BCUT2D eigenvalue weighted by atomic mass is 16.8. The van der Waals surface area contributed by atoms with Gasteiger partial charge in [-0.25, -0.2) is 9.97 Å². The number of ether oxygens (including phenoxy) is 3. The lowest BCUT2D eigenvalue weighted by Crippen LogP contribution is -2.31. The monoisotopic (exact) mass is 308 g/mol. The molecule has 0 bridgehead atoms. The minimum Gasteiger partial charge on any atom is -0.394 e. The number of H-pyrrole nitrogens is 1. The molecular weight excluding hydrogens is 292 g/mol. The van der Waals surface area contributed by atoms with Gasteiger partial charge in [0.1, 0.15) is 18.3 Å². The van der Waals surface area contributed by atoms with Gasteiger partial charge >= 0.3 is 0 Å². The van der Waals surface area contributed by atoms with Crippen molar-refractivity contribution in [3.63, 3.8) is 0 Å². The van der Waals surface area contributed by atoms with Crippen molar-refractivity contribution in [3.05, 3.63) is 23.0 Å². The van der Waals surface area contributed by atoms with E-state index in [-0.39, 0.29) is 23.8 Å². The molecule has 0 aromatic carbocycles. The quantitative estimate of drug-likeness (QED) is 0.771. The molecule has 0 aliphatic carbocycles. The third-order valence-corrected chi connectivity index (χ3v) is 3.94. The van der Waals surface area contributed by atoms with E-state index in [4.69, 9.17) is 14.2 Å². The Balaban J connectivity index is 1.78. The average molecular weight is 308 g/mol. The lowest BCUT2D eigenvalue weighted by molar-refractivity contribution is -0.199. The van der Waals surface area contributed by atoms with Gasteiger partial charge in [-0.15, -0.1) is 0 Å². The number of aromatic amines is 1. The third-order valence-electron chi connectivity index (χ3n) is 3.94. The minimum absolute atomic E-state index is 0.183. The lowest BCUT2D eigenvalue weighted by atomic mass is 10.1. The van der Waals surface area contributed by atoms with E-state index in [0.29, 0.717) is 5.65 Å². The largest absolute Gasteiger partial charge is 0.394 e. The predicted octanol–water partition coefficient (Wildman–Crippen LogP) is -0.471. The highest BCUT2D eigenvalue weighted by Crippen LogP contribution is 2.43. The van der Waals surface area contributed by atoms with Crippen molar-refractivity contribution in [2.24, 2.45) is 0 Å². The van der Waals surface area contributed by atoms with Gasteiger partial charge < -0.3 is 24.3 Å². The molecule has 9 nitrogen and oxygen atoms in total. The molecule has 2 aliphatic rings. The fourth-order valence-corrected chi connectivity index (χ4v) is 3.08. The molecule has 2 aromatic rings. The second-order valence-electron chi connectivity index (χ2n) is 5.87. The molecule has 9 heteroatoms. The molecule has 2 saturated heterocycles. The Labute approximate surface area is 124 Å². The molecule has 4 rings (SSSR count). The lowest BCUT2D eigenvalue weighted by Gasteiger charge is -2.24. The van der Waals surface area contributed by atoms with Crippen LogP contribution in [0.3, 0.4) is 0 Å². The molecule has 2 N–H and O–H groups in total. The Bertz CT molecular complexity index is 769. The van der Waals surface area contributed by atoms with Crippen LogP contribution in [0.5, 0.6) is 0 Å². The van der Waals surface area contributed by atoms with E-state index >= 15 is 0 Å². The van der Waals surface area contributed by atoms with Gasteiger partial charge in [0.25, 0.3) is 5.56 Å². The summed E-state index contributed by atoms with van der Waals surface area (Å²) in [4.78, 5) is 22.5. The van der Waals surface area contributed by atoms with Crippen LogP contribution in [-0.4, -0.2) is 55.3 Å². The summed E-state index contributed by atoms with van der Waals surface area (Å²) in [6, 6.07) is 0. The minimum atomic E-state index is -0.758. The first kappa shape index (κ1) is 13.8. The van der Waals surface area contributed by atoms with Crippen molar-refractivity contribution in [1.82, 2.24) is 19.5 Å². The van der Waals surface area contributed by atoms with Gasteiger partial charge in [-0.05, 0) is 13.8 Å². The maximum Gasteiger partial charge on any atom is 0.278 e. The summed E-state index contributed by atoms with van der Waals surface area (Å²) < 4.78 is 19.2. The summed E-state index contributed by atoms with van der Waals surface area (Å²) in [7, 11) is 0. The number of aromatic nitrogens is 4. The van der Waals surface area contributed by atoms with Crippen molar-refractivity contribution in [1.29, 1.82) is 0 Å². The SMILES string of the molecule is CC1(C)O[C@H]2[C@H](O1)[C@@H](n1cnc3c(=O)[nH]cnc31)O[C@H]2CO. The zero-order valence-corrected chi connectivity index (χ0v) is 12.1. The highest BCUT2D eigenvalue weighted by Gasteiger charge is 2.55.